The van der Waals surface area contributed by atoms with Crippen LogP contribution in [-0.2, 0) is 4.79 Å². The van der Waals surface area contributed by atoms with Crippen LogP contribution in [0.3, 0.4) is 0 Å². The van der Waals surface area contributed by atoms with E-state index in [9.17, 15) is 4.79 Å². The average Bonchev–Trinajstić information content (AvgIpc) is 1.88. The van der Waals surface area contributed by atoms with E-state index in [2.05, 4.69) is 16.1 Å². The smallest absolute Gasteiger partial charge is 0.151 e. The lowest BCUT2D eigenvalue weighted by atomic mass is 10.2. The third-order valence-electron chi connectivity index (χ3n) is 1.14. The molecule has 0 spiro atoms. The first-order valence-corrected chi connectivity index (χ1v) is 3.78. The Balaban J connectivity index is 2.81. The van der Waals surface area contributed by atoms with E-state index in [1.807, 2.05) is 0 Å². The Bertz CT molecular complexity index is 212. The van der Waals surface area contributed by atoms with E-state index in [1.54, 1.807) is 16.2 Å². The van der Waals surface area contributed by atoms with Gasteiger partial charge in [0.25, 0.3) is 0 Å². The maximum atomic E-state index is 10.2. The number of hydrogen-bond acceptors (Lipinski definition) is 2. The van der Waals surface area contributed by atoms with Gasteiger partial charge in [0.2, 0.25) is 0 Å². The third-order valence-corrected chi connectivity index (χ3v) is 1.95. The zero-order valence-corrected chi connectivity index (χ0v) is 7.39. The maximum Gasteiger partial charge on any atom is 0.151 e. The molecule has 4 heteroatoms. The standard InChI is InChI=1S/C6H5BrClNO/c7-9-2-1-5(4-10)6(8)3-9/h1,3-4H,2H2. The van der Waals surface area contributed by atoms with E-state index in [1.165, 1.54) is 0 Å². The Morgan fingerprint density at radius 3 is 3.00 bits per heavy atom. The Kier molecular flexibility index (Phi) is 2.51. The molecule has 54 valence electrons. The van der Waals surface area contributed by atoms with Crippen LogP contribution in [0.2, 0.25) is 0 Å². The normalized spacial score (nSPS) is 18.0. The zero-order chi connectivity index (χ0) is 7.56. The molecule has 0 amide bonds. The van der Waals surface area contributed by atoms with E-state index in [4.69, 9.17) is 11.6 Å². The summed E-state index contributed by atoms with van der Waals surface area (Å²) in [4.78, 5) is 10.2. The quantitative estimate of drug-likeness (QED) is 0.498. The topological polar surface area (TPSA) is 20.3 Å². The molecule has 1 rings (SSSR count). The molecule has 0 aromatic rings. The summed E-state index contributed by atoms with van der Waals surface area (Å²) in [6.45, 7) is 0.671. The molecular formula is C6H5BrClNO. The van der Waals surface area contributed by atoms with Gasteiger partial charge in [-0.05, 0) is 0 Å². The van der Waals surface area contributed by atoms with Crippen LogP contribution in [0.1, 0.15) is 0 Å². The summed E-state index contributed by atoms with van der Waals surface area (Å²) in [6.07, 6.45) is 4.16. The Morgan fingerprint density at radius 1 is 1.80 bits per heavy atom. The minimum Gasteiger partial charge on any atom is -0.310 e. The fourth-order valence-electron chi connectivity index (χ4n) is 0.638. The molecule has 1 aliphatic heterocycles. The Morgan fingerprint density at radius 2 is 2.50 bits per heavy atom. The molecule has 2 nitrogen and oxygen atoms in total. The first kappa shape index (κ1) is 7.82. The molecule has 0 aromatic heterocycles. The molecule has 0 aromatic carbocycles. The molecule has 0 radical (unpaired) electrons. The predicted octanol–water partition coefficient (Wildman–Crippen LogP) is 1.82. The van der Waals surface area contributed by atoms with Gasteiger partial charge < -0.3 is 3.93 Å². The van der Waals surface area contributed by atoms with Crippen LogP contribution in [0, 0.1) is 0 Å². The van der Waals surface area contributed by atoms with E-state index in [0.717, 1.165) is 6.29 Å². The minimum atomic E-state index is 0.470. The average molecular weight is 222 g/mol. The molecule has 0 fully saturated rings. The molecule has 0 saturated heterocycles. The molecule has 0 saturated carbocycles. The van der Waals surface area contributed by atoms with Gasteiger partial charge in [-0.1, -0.05) is 17.7 Å². The lowest BCUT2D eigenvalue weighted by Crippen LogP contribution is -2.09. The predicted molar refractivity (Wildman–Crippen MR) is 43.7 cm³/mol. The fraction of sp³-hybridized carbons (Fsp3) is 0.167. The van der Waals surface area contributed by atoms with Crippen LogP contribution in [0.25, 0.3) is 0 Å². The number of nitrogens with zero attached hydrogens (tertiary/aromatic N) is 1. The molecule has 0 N–H and O–H groups in total. The van der Waals surface area contributed by atoms with Crippen molar-refractivity contribution in [3.63, 3.8) is 0 Å². The highest BCUT2D eigenvalue weighted by Gasteiger charge is 2.07. The molecule has 0 atom stereocenters. The zero-order valence-electron chi connectivity index (χ0n) is 5.05. The largest absolute Gasteiger partial charge is 0.310 e. The Hall–Kier alpha value is -0.280. The first-order chi connectivity index (χ1) is 4.74. The van der Waals surface area contributed by atoms with Crippen molar-refractivity contribution >= 4 is 34.0 Å². The maximum absolute atomic E-state index is 10.2. The van der Waals surface area contributed by atoms with Crippen LogP contribution in [-0.4, -0.2) is 16.8 Å². The van der Waals surface area contributed by atoms with E-state index >= 15 is 0 Å². The number of allylic oxidation sites excluding steroid dienone is 2. The Labute approximate surface area is 72.5 Å². The van der Waals surface area contributed by atoms with E-state index in [0.29, 0.717) is 17.2 Å². The van der Waals surface area contributed by atoms with Crippen molar-refractivity contribution in [1.29, 1.82) is 0 Å². The van der Waals surface area contributed by atoms with Crippen LogP contribution in [0.4, 0.5) is 0 Å². The second-order valence-electron chi connectivity index (χ2n) is 1.84. The summed E-state index contributed by atoms with van der Waals surface area (Å²) < 4.78 is 1.72. The van der Waals surface area contributed by atoms with Crippen molar-refractivity contribution in [2.45, 2.75) is 0 Å². The summed E-state index contributed by atoms with van der Waals surface area (Å²) in [7, 11) is 0. The number of hydrogen-bond donors (Lipinski definition) is 0. The van der Waals surface area contributed by atoms with Gasteiger partial charge in [0.05, 0.1) is 5.03 Å². The highest BCUT2D eigenvalue weighted by atomic mass is 79.9. The van der Waals surface area contributed by atoms with Crippen LogP contribution in [0.15, 0.2) is 22.9 Å². The summed E-state index contributed by atoms with van der Waals surface area (Å²) in [5, 5.41) is 0.470. The van der Waals surface area contributed by atoms with E-state index in [-0.39, 0.29) is 0 Å². The first-order valence-electron chi connectivity index (χ1n) is 2.69. The van der Waals surface area contributed by atoms with Gasteiger partial charge in [0, 0.05) is 34.5 Å². The van der Waals surface area contributed by atoms with Crippen molar-refractivity contribution in [2.75, 3.05) is 6.54 Å². The number of halogens is 2. The van der Waals surface area contributed by atoms with Gasteiger partial charge in [0.15, 0.2) is 6.29 Å². The highest BCUT2D eigenvalue weighted by Crippen LogP contribution is 2.19. The monoisotopic (exact) mass is 221 g/mol. The van der Waals surface area contributed by atoms with Crippen LogP contribution < -0.4 is 0 Å². The van der Waals surface area contributed by atoms with Crippen molar-refractivity contribution in [3.05, 3.63) is 22.9 Å². The molecule has 0 unspecified atom stereocenters. The van der Waals surface area contributed by atoms with Crippen LogP contribution >= 0.6 is 27.7 Å². The number of carbonyl (C=O) groups is 1. The van der Waals surface area contributed by atoms with Crippen molar-refractivity contribution < 1.29 is 4.79 Å². The molecule has 1 heterocycles. The third kappa shape index (κ3) is 1.61. The summed E-state index contributed by atoms with van der Waals surface area (Å²) >= 11 is 8.86. The van der Waals surface area contributed by atoms with Gasteiger partial charge in [0.1, 0.15) is 0 Å². The number of carbonyl (C=O) groups excluding carboxylic acids is 1. The number of aldehydes is 1. The van der Waals surface area contributed by atoms with E-state index < -0.39 is 0 Å². The van der Waals surface area contributed by atoms with Gasteiger partial charge in [-0.25, -0.2) is 0 Å². The van der Waals surface area contributed by atoms with Gasteiger partial charge in [-0.2, -0.15) is 0 Å². The molecule has 0 aliphatic carbocycles. The SMILES string of the molecule is O=CC1=CCN(Br)C=C1Cl. The van der Waals surface area contributed by atoms with Gasteiger partial charge in [-0.3, -0.25) is 4.79 Å². The lowest BCUT2D eigenvalue weighted by Gasteiger charge is -2.14. The summed E-state index contributed by atoms with van der Waals surface area (Å²) in [6, 6.07) is 0. The number of rotatable bonds is 1. The summed E-state index contributed by atoms with van der Waals surface area (Å²) in [5.74, 6) is 0. The highest BCUT2D eigenvalue weighted by molar-refractivity contribution is 9.07. The van der Waals surface area contributed by atoms with Crippen molar-refractivity contribution in [3.8, 4) is 0 Å². The van der Waals surface area contributed by atoms with Gasteiger partial charge in [-0.15, -0.1) is 0 Å². The molecule has 10 heavy (non-hydrogen) atoms. The minimum absolute atomic E-state index is 0.470. The summed E-state index contributed by atoms with van der Waals surface area (Å²) in [5.41, 5.74) is 0.553. The second-order valence-corrected chi connectivity index (χ2v) is 3.15. The van der Waals surface area contributed by atoms with Crippen LogP contribution in [0.5, 0.6) is 0 Å². The van der Waals surface area contributed by atoms with Crippen molar-refractivity contribution in [2.24, 2.45) is 0 Å². The molecule has 0 bridgehead atoms. The van der Waals surface area contributed by atoms with Crippen molar-refractivity contribution in [1.82, 2.24) is 3.93 Å². The fourth-order valence-corrected chi connectivity index (χ4v) is 1.34. The molecular weight excluding hydrogens is 217 g/mol. The van der Waals surface area contributed by atoms with Gasteiger partial charge >= 0.3 is 0 Å². The lowest BCUT2D eigenvalue weighted by molar-refractivity contribution is -0.104. The second kappa shape index (κ2) is 3.21. The molecule has 1 aliphatic rings.